The fraction of sp³-hybridized carbons (Fsp3) is 0.444. The summed E-state index contributed by atoms with van der Waals surface area (Å²) in [6.45, 7) is 7.78. The molecule has 0 unspecified atom stereocenters. The Morgan fingerprint density at radius 3 is 2.61 bits per heavy atom. The lowest BCUT2D eigenvalue weighted by atomic mass is 9.90. The molecule has 36 heavy (non-hydrogen) atoms. The number of benzene rings is 1. The van der Waals surface area contributed by atoms with Gasteiger partial charge in [0.15, 0.2) is 5.76 Å². The van der Waals surface area contributed by atoms with E-state index in [-0.39, 0.29) is 54.3 Å². The number of Topliss-reactive ketones (excluding diaryl/α,β-unsaturated/α-hetero) is 1. The van der Waals surface area contributed by atoms with Crippen molar-refractivity contribution in [2.45, 2.75) is 53.0 Å². The Bertz CT molecular complexity index is 1240. The first-order valence-electron chi connectivity index (χ1n) is 12.4. The zero-order valence-corrected chi connectivity index (χ0v) is 21.0. The van der Waals surface area contributed by atoms with E-state index >= 15 is 0 Å². The molecule has 2 atom stereocenters. The summed E-state index contributed by atoms with van der Waals surface area (Å²) >= 11 is 0. The van der Waals surface area contributed by atoms with Crippen molar-refractivity contribution in [1.29, 1.82) is 0 Å². The van der Waals surface area contributed by atoms with Gasteiger partial charge in [0, 0.05) is 23.6 Å². The van der Waals surface area contributed by atoms with Gasteiger partial charge in [0.25, 0.3) is 5.91 Å². The molecule has 1 aliphatic carbocycles. The minimum absolute atomic E-state index is 0.0113. The molecule has 1 saturated carbocycles. The van der Waals surface area contributed by atoms with Crippen molar-refractivity contribution < 1.29 is 23.5 Å². The van der Waals surface area contributed by atoms with Crippen molar-refractivity contribution in [3.8, 4) is 22.7 Å². The molecule has 0 aliphatic heterocycles. The van der Waals surface area contributed by atoms with E-state index in [0.717, 1.165) is 18.4 Å². The summed E-state index contributed by atoms with van der Waals surface area (Å²) in [6.07, 6.45) is 3.67. The Morgan fingerprint density at radius 1 is 1.17 bits per heavy atom. The van der Waals surface area contributed by atoms with E-state index in [2.05, 4.69) is 20.5 Å². The van der Waals surface area contributed by atoms with E-state index in [1.807, 2.05) is 45.0 Å². The third-order valence-electron chi connectivity index (χ3n) is 6.50. The van der Waals surface area contributed by atoms with Gasteiger partial charge < -0.3 is 14.5 Å². The van der Waals surface area contributed by atoms with Crippen LogP contribution in [0, 0.1) is 17.8 Å². The van der Waals surface area contributed by atoms with Gasteiger partial charge in [-0.1, -0.05) is 26.0 Å². The van der Waals surface area contributed by atoms with Crippen molar-refractivity contribution in [2.75, 3.05) is 6.61 Å². The third-order valence-corrected chi connectivity index (χ3v) is 6.50. The highest BCUT2D eigenvalue weighted by Crippen LogP contribution is 2.32. The number of aromatic nitrogens is 3. The first-order chi connectivity index (χ1) is 17.3. The highest BCUT2D eigenvalue weighted by atomic mass is 16.5. The lowest BCUT2D eigenvalue weighted by molar-refractivity contribution is -0.149. The van der Waals surface area contributed by atoms with Crippen LogP contribution in [0.25, 0.3) is 22.7 Å². The number of H-pyrrole nitrogens is 1. The molecule has 2 heterocycles. The van der Waals surface area contributed by atoms with Crippen molar-refractivity contribution in [3.63, 3.8) is 0 Å². The lowest BCUT2D eigenvalue weighted by Gasteiger charge is -2.17. The molecule has 1 fully saturated rings. The molecular formula is C27H32N4O5. The number of ketones is 1. The summed E-state index contributed by atoms with van der Waals surface area (Å²) in [4.78, 5) is 41.8. The van der Waals surface area contributed by atoms with Crippen LogP contribution in [0.4, 0.5) is 0 Å². The van der Waals surface area contributed by atoms with Gasteiger partial charge in [-0.15, -0.1) is 0 Å². The Hall–Kier alpha value is -3.75. The highest BCUT2D eigenvalue weighted by molar-refractivity contribution is 5.96. The first-order valence-corrected chi connectivity index (χ1v) is 12.4. The SMILES string of the molecule is CCOC(=O)[C@@H](CC(=O)c1cnc(-c2cccc(-c3cc(C(=O)N[C@@H](C)C4CC4)[nH]n3)c2)o1)C(C)C. The fourth-order valence-corrected chi connectivity index (χ4v) is 4.07. The molecule has 9 nitrogen and oxygen atoms in total. The maximum absolute atomic E-state index is 12.8. The second kappa shape index (κ2) is 10.9. The Kier molecular flexibility index (Phi) is 7.67. The monoisotopic (exact) mass is 492 g/mol. The Balaban J connectivity index is 1.46. The number of oxazole rings is 1. The molecule has 0 bridgehead atoms. The first kappa shape index (κ1) is 25.3. The molecule has 9 heteroatoms. The number of nitrogens with zero attached hydrogens (tertiary/aromatic N) is 2. The molecule has 0 radical (unpaired) electrons. The van der Waals surface area contributed by atoms with Crippen LogP contribution in [0.1, 0.15) is 68.0 Å². The number of nitrogens with one attached hydrogen (secondary N) is 2. The summed E-state index contributed by atoms with van der Waals surface area (Å²) in [5.41, 5.74) is 2.44. The minimum atomic E-state index is -0.548. The lowest BCUT2D eigenvalue weighted by Crippen LogP contribution is -2.34. The Morgan fingerprint density at radius 2 is 1.92 bits per heavy atom. The van der Waals surface area contributed by atoms with Crippen LogP contribution in [0.3, 0.4) is 0 Å². The molecule has 190 valence electrons. The van der Waals surface area contributed by atoms with Crippen molar-refractivity contribution >= 4 is 17.7 Å². The van der Waals surface area contributed by atoms with Crippen molar-refractivity contribution in [1.82, 2.24) is 20.5 Å². The predicted molar refractivity (Wildman–Crippen MR) is 133 cm³/mol. The van der Waals surface area contributed by atoms with Crippen LogP contribution >= 0.6 is 0 Å². The van der Waals surface area contributed by atoms with Gasteiger partial charge in [-0.3, -0.25) is 19.5 Å². The maximum Gasteiger partial charge on any atom is 0.309 e. The van der Waals surface area contributed by atoms with Crippen LogP contribution in [0.2, 0.25) is 0 Å². The maximum atomic E-state index is 12.8. The quantitative estimate of drug-likeness (QED) is 0.294. The van der Waals surface area contributed by atoms with Gasteiger partial charge in [-0.2, -0.15) is 5.10 Å². The molecule has 0 saturated heterocycles. The number of hydrogen-bond acceptors (Lipinski definition) is 7. The number of hydrogen-bond donors (Lipinski definition) is 2. The number of amides is 1. The third kappa shape index (κ3) is 5.90. The fourth-order valence-electron chi connectivity index (χ4n) is 4.07. The molecule has 1 amide bonds. The van der Waals surface area contributed by atoms with Crippen LogP contribution in [-0.2, 0) is 9.53 Å². The van der Waals surface area contributed by atoms with Gasteiger partial charge in [0.1, 0.15) is 5.69 Å². The Labute approximate surface area is 210 Å². The summed E-state index contributed by atoms with van der Waals surface area (Å²) in [5, 5.41) is 10.1. The molecule has 2 aromatic heterocycles. The highest BCUT2D eigenvalue weighted by Gasteiger charge is 2.30. The van der Waals surface area contributed by atoms with Crippen LogP contribution in [0.5, 0.6) is 0 Å². The van der Waals surface area contributed by atoms with Gasteiger partial charge >= 0.3 is 5.97 Å². The molecule has 4 rings (SSSR count). The number of rotatable bonds is 11. The average molecular weight is 493 g/mol. The molecule has 1 aliphatic rings. The second-order valence-corrected chi connectivity index (χ2v) is 9.61. The van der Waals surface area contributed by atoms with E-state index < -0.39 is 5.92 Å². The smallest absolute Gasteiger partial charge is 0.309 e. The molecule has 3 aromatic rings. The van der Waals surface area contributed by atoms with Gasteiger partial charge in [-0.05, 0) is 56.7 Å². The van der Waals surface area contributed by atoms with Crippen LogP contribution in [0.15, 0.2) is 40.9 Å². The van der Waals surface area contributed by atoms with E-state index in [1.165, 1.54) is 6.20 Å². The summed E-state index contributed by atoms with van der Waals surface area (Å²) in [7, 11) is 0. The van der Waals surface area contributed by atoms with Gasteiger partial charge in [0.05, 0.1) is 24.4 Å². The minimum Gasteiger partial charge on any atom is -0.466 e. The van der Waals surface area contributed by atoms with Gasteiger partial charge in [0.2, 0.25) is 11.7 Å². The summed E-state index contributed by atoms with van der Waals surface area (Å²) < 4.78 is 10.9. The predicted octanol–water partition coefficient (Wildman–Crippen LogP) is 4.67. The standard InChI is InChI=1S/C27H32N4O5/c1-5-35-27(34)20(15(2)3)12-23(32)24-14-28-26(36-24)19-8-6-7-18(11-19)21-13-22(31-30-21)25(33)29-16(4)17-9-10-17/h6-8,11,13-17,20H,5,9-10,12H2,1-4H3,(H,29,33)(H,30,31)/t16-,20-/m0/s1. The number of esters is 1. The number of aromatic amines is 1. The van der Waals surface area contributed by atoms with E-state index in [1.54, 1.807) is 13.0 Å². The largest absolute Gasteiger partial charge is 0.466 e. The topological polar surface area (TPSA) is 127 Å². The second-order valence-electron chi connectivity index (χ2n) is 9.61. The van der Waals surface area contributed by atoms with Crippen molar-refractivity contribution in [2.24, 2.45) is 17.8 Å². The molecule has 0 spiro atoms. The van der Waals surface area contributed by atoms with Crippen LogP contribution < -0.4 is 5.32 Å². The molecule has 2 N–H and O–H groups in total. The van der Waals surface area contributed by atoms with Crippen molar-refractivity contribution in [3.05, 3.63) is 48.0 Å². The zero-order valence-electron chi connectivity index (χ0n) is 21.0. The number of carbonyl (C=O) groups is 3. The molecular weight excluding hydrogens is 460 g/mol. The van der Waals surface area contributed by atoms with Crippen LogP contribution in [-0.4, -0.2) is 45.5 Å². The summed E-state index contributed by atoms with van der Waals surface area (Å²) in [6, 6.07) is 9.20. The van der Waals surface area contributed by atoms with E-state index in [9.17, 15) is 14.4 Å². The van der Waals surface area contributed by atoms with Gasteiger partial charge in [-0.25, -0.2) is 4.98 Å². The number of carbonyl (C=O) groups excluding carboxylic acids is 3. The molecule has 1 aromatic carbocycles. The summed E-state index contributed by atoms with van der Waals surface area (Å²) in [5.74, 6) is -0.535. The average Bonchev–Trinajstić information content (AvgIpc) is 3.38. The van der Waals surface area contributed by atoms with E-state index in [4.69, 9.17) is 9.15 Å². The zero-order chi connectivity index (χ0) is 25.8. The van der Waals surface area contributed by atoms with E-state index in [0.29, 0.717) is 22.9 Å². The normalized spacial score (nSPS) is 14.9. The number of ether oxygens (including phenoxy) is 1.